The number of benzene rings is 2. The lowest BCUT2D eigenvalue weighted by Gasteiger charge is -2.26. The van der Waals surface area contributed by atoms with E-state index < -0.39 is 47.2 Å². The molecule has 6 amide bonds. The molecule has 4 aliphatic rings. The van der Waals surface area contributed by atoms with Gasteiger partial charge in [-0.15, -0.1) is 0 Å². The number of nitrogens with one attached hydrogen (secondary N) is 4. The second kappa shape index (κ2) is 20.4. The van der Waals surface area contributed by atoms with Gasteiger partial charge in [-0.25, -0.2) is 27.8 Å². The van der Waals surface area contributed by atoms with Crippen molar-refractivity contribution < 1.29 is 57.2 Å². The maximum atomic E-state index is 14.5. The number of nitrogens with zero attached hydrogens (tertiary/aromatic N) is 8. The van der Waals surface area contributed by atoms with Gasteiger partial charge in [0.1, 0.15) is 35.0 Å². The third kappa shape index (κ3) is 10.9. The molecule has 0 spiro atoms. The predicted molar refractivity (Wildman–Crippen MR) is 260 cm³/mol. The van der Waals surface area contributed by atoms with Crippen LogP contribution in [0.15, 0.2) is 73.6 Å². The largest absolute Gasteiger partial charge is 0.491 e. The lowest BCUT2D eigenvalue weighted by atomic mass is 10.0. The summed E-state index contributed by atoms with van der Waals surface area (Å²) in [6.45, 7) is 6.42. The van der Waals surface area contributed by atoms with Gasteiger partial charge < -0.3 is 50.8 Å². The number of halogens is 2. The zero-order valence-corrected chi connectivity index (χ0v) is 40.8. The molecule has 74 heavy (non-hydrogen) atoms. The quantitative estimate of drug-likeness (QED) is 0.0814. The van der Waals surface area contributed by atoms with Gasteiger partial charge in [-0.2, -0.15) is 10.2 Å². The van der Waals surface area contributed by atoms with Gasteiger partial charge in [-0.1, -0.05) is 0 Å². The molecule has 8 heterocycles. The lowest BCUT2D eigenvalue weighted by molar-refractivity contribution is -0.120. The van der Waals surface area contributed by atoms with E-state index in [0.717, 1.165) is 0 Å². The zero-order valence-electron chi connectivity index (χ0n) is 40.8. The van der Waals surface area contributed by atoms with Crippen LogP contribution in [0.3, 0.4) is 0 Å². The standard InChI is InChI=1S/2C25H27FN6O5/c2*1-25(2,36)20(26)12-31-11-15-7-18(30-23(34)17-10-29-32-5-3-4-27-22(17)32)19(8-16(15)24(31)35)37-13-14-6-21(33)28-9-14/h2*3-5,7-8,10,14,20,36H,6,9,11-13H2,1-2H3,(H,28,33)(H,30,34)/t14-,20+;14-,20-/m01/s1. The molecule has 6 N–H and O–H groups in total. The number of amides is 6. The van der Waals surface area contributed by atoms with Gasteiger partial charge in [0, 0.05) is 86.8 Å². The molecule has 0 bridgehead atoms. The first-order chi connectivity index (χ1) is 35.2. The first-order valence-electron chi connectivity index (χ1n) is 23.8. The van der Waals surface area contributed by atoms with E-state index in [1.54, 1.807) is 49.1 Å². The number of aliphatic hydroxyl groups is 2. The Morgan fingerprint density at radius 2 is 1.09 bits per heavy atom. The molecule has 4 aromatic heterocycles. The van der Waals surface area contributed by atoms with Crippen molar-refractivity contribution in [3.05, 3.63) is 107 Å². The highest BCUT2D eigenvalue weighted by Gasteiger charge is 2.38. The number of rotatable bonds is 16. The van der Waals surface area contributed by atoms with Crippen molar-refractivity contribution in [2.24, 2.45) is 11.8 Å². The summed E-state index contributed by atoms with van der Waals surface area (Å²) >= 11 is 0. The highest BCUT2D eigenvalue weighted by Crippen LogP contribution is 2.37. The van der Waals surface area contributed by atoms with Crippen molar-refractivity contribution in [3.8, 4) is 11.5 Å². The number of carbonyl (C=O) groups is 6. The molecule has 2 fully saturated rings. The molecule has 0 aliphatic carbocycles. The van der Waals surface area contributed by atoms with Crippen molar-refractivity contribution >= 4 is 58.1 Å². The van der Waals surface area contributed by atoms with Gasteiger partial charge in [0.05, 0.1) is 61.3 Å². The Morgan fingerprint density at radius 3 is 1.46 bits per heavy atom. The molecule has 24 heteroatoms. The Bertz CT molecular complexity index is 2980. The van der Waals surface area contributed by atoms with E-state index in [-0.39, 0.29) is 85.7 Å². The van der Waals surface area contributed by atoms with Crippen molar-refractivity contribution in [3.63, 3.8) is 0 Å². The van der Waals surface area contributed by atoms with Crippen LogP contribution in [0.25, 0.3) is 11.3 Å². The minimum Gasteiger partial charge on any atom is -0.491 e. The van der Waals surface area contributed by atoms with E-state index in [1.165, 1.54) is 71.1 Å². The summed E-state index contributed by atoms with van der Waals surface area (Å²) < 4.78 is 44.0. The first-order valence-corrected chi connectivity index (χ1v) is 23.8. The highest BCUT2D eigenvalue weighted by molar-refractivity contribution is 6.10. The summed E-state index contributed by atoms with van der Waals surface area (Å²) in [5, 5.41) is 39.4. The van der Waals surface area contributed by atoms with E-state index in [4.69, 9.17) is 9.47 Å². The summed E-state index contributed by atoms with van der Waals surface area (Å²) in [4.78, 5) is 86.6. The van der Waals surface area contributed by atoms with Gasteiger partial charge >= 0.3 is 0 Å². The Morgan fingerprint density at radius 1 is 0.689 bits per heavy atom. The molecular weight excluding hydrogens is 967 g/mol. The zero-order chi connectivity index (χ0) is 52.6. The topological polar surface area (TPSA) is 276 Å². The van der Waals surface area contributed by atoms with Crippen LogP contribution in [0.5, 0.6) is 11.5 Å². The molecule has 0 saturated carbocycles. The third-order valence-electron chi connectivity index (χ3n) is 13.1. The Hall–Kier alpha value is -8.12. The Kier molecular flexibility index (Phi) is 14.0. The van der Waals surface area contributed by atoms with Gasteiger partial charge in [0.2, 0.25) is 11.8 Å². The van der Waals surface area contributed by atoms with E-state index in [9.17, 15) is 47.8 Å². The number of ether oxygens (including phenoxy) is 2. The van der Waals surface area contributed by atoms with Crippen LogP contribution in [0.2, 0.25) is 0 Å². The Balaban J connectivity index is 0.000000182. The van der Waals surface area contributed by atoms with E-state index >= 15 is 0 Å². The average molecular weight is 1020 g/mol. The van der Waals surface area contributed by atoms with Crippen molar-refractivity contribution in [1.82, 2.24) is 49.6 Å². The SMILES string of the molecule is CC(C)(O)[C@H](F)CN1Cc2cc(NC(=O)c3cnn4cccnc34)c(OC[C@@H]3CNC(=O)C3)cc2C1=O.CC(C)(O)[C@H](F)CN1Cc2cc(NC(=O)c3cnn4cccnc34)c(OC[C@H]3CNC(=O)C3)cc2C1=O. The minimum absolute atomic E-state index is 0.0561. The minimum atomic E-state index is -1.64. The molecular formula is C50H54F2N12O10. The van der Waals surface area contributed by atoms with Crippen LogP contribution in [0.1, 0.15) is 93.1 Å². The van der Waals surface area contributed by atoms with E-state index in [1.807, 2.05) is 0 Å². The second-order valence-electron chi connectivity index (χ2n) is 19.8. The van der Waals surface area contributed by atoms with E-state index in [0.29, 0.717) is 70.9 Å². The monoisotopic (exact) mass is 1020 g/mol. The number of alkyl halides is 2. The van der Waals surface area contributed by atoms with Crippen LogP contribution >= 0.6 is 0 Å². The second-order valence-corrected chi connectivity index (χ2v) is 19.8. The fraction of sp³-hybridized carbons (Fsp3) is 0.400. The lowest BCUT2D eigenvalue weighted by Crippen LogP contribution is -2.42. The number of carbonyl (C=O) groups excluding carboxylic acids is 6. The predicted octanol–water partition coefficient (Wildman–Crippen LogP) is 3.12. The van der Waals surface area contributed by atoms with Gasteiger partial charge in [0.15, 0.2) is 11.3 Å². The van der Waals surface area contributed by atoms with Crippen molar-refractivity contribution in [2.75, 3.05) is 50.0 Å². The summed E-state index contributed by atoms with van der Waals surface area (Å²) in [5.41, 5.74) is 0.537. The Labute approximate surface area is 421 Å². The molecule has 22 nitrogen and oxygen atoms in total. The molecule has 10 rings (SSSR count). The molecule has 388 valence electrons. The molecule has 2 saturated heterocycles. The van der Waals surface area contributed by atoms with Crippen LogP contribution in [-0.2, 0) is 22.7 Å². The van der Waals surface area contributed by atoms with Crippen LogP contribution in [-0.4, -0.2) is 148 Å². The summed E-state index contributed by atoms with van der Waals surface area (Å²) in [5.74, 6) is -1.45. The first kappa shape index (κ1) is 50.8. The number of anilines is 2. The number of aromatic nitrogens is 6. The molecule has 4 aliphatic heterocycles. The average Bonchev–Trinajstić information content (AvgIpc) is 4.23. The number of hydrogen-bond acceptors (Lipinski definition) is 14. The summed E-state index contributed by atoms with van der Waals surface area (Å²) in [6.07, 6.45) is 6.63. The fourth-order valence-electron chi connectivity index (χ4n) is 8.70. The third-order valence-corrected chi connectivity index (χ3v) is 13.1. The maximum Gasteiger partial charge on any atom is 0.261 e. The number of hydrogen-bond donors (Lipinski definition) is 6. The normalized spacial score (nSPS) is 18.2. The smallest absolute Gasteiger partial charge is 0.261 e. The molecule has 2 aromatic carbocycles. The summed E-state index contributed by atoms with van der Waals surface area (Å²) in [6, 6.07) is 9.72. The molecule has 0 radical (unpaired) electrons. The molecule has 0 unspecified atom stereocenters. The van der Waals surface area contributed by atoms with Crippen LogP contribution in [0.4, 0.5) is 20.2 Å². The number of fused-ring (bicyclic) bond motifs is 4. The van der Waals surface area contributed by atoms with Gasteiger partial charge in [-0.05, 0) is 75.2 Å². The van der Waals surface area contributed by atoms with E-state index in [2.05, 4.69) is 41.4 Å². The van der Waals surface area contributed by atoms with Crippen molar-refractivity contribution in [2.45, 2.75) is 77.2 Å². The molecule has 6 aromatic rings. The highest BCUT2D eigenvalue weighted by atomic mass is 19.1. The van der Waals surface area contributed by atoms with Gasteiger partial charge in [0.25, 0.3) is 23.6 Å². The summed E-state index contributed by atoms with van der Waals surface area (Å²) in [7, 11) is 0. The van der Waals surface area contributed by atoms with Crippen LogP contribution in [0, 0.1) is 11.8 Å². The fourth-order valence-corrected chi connectivity index (χ4v) is 8.70. The molecule has 4 atom stereocenters. The van der Waals surface area contributed by atoms with Crippen molar-refractivity contribution in [1.29, 1.82) is 0 Å². The maximum absolute atomic E-state index is 14.5. The van der Waals surface area contributed by atoms with Crippen LogP contribution < -0.4 is 30.7 Å². The van der Waals surface area contributed by atoms with Gasteiger partial charge in [-0.3, -0.25) is 28.8 Å².